The number of amides is 3. The van der Waals surface area contributed by atoms with Crippen molar-refractivity contribution in [1.82, 2.24) is 15.1 Å². The van der Waals surface area contributed by atoms with Crippen molar-refractivity contribution in [2.24, 2.45) is 0 Å². The van der Waals surface area contributed by atoms with E-state index >= 15 is 8.78 Å². The molecule has 2 aromatic carbocycles. The molecule has 2 saturated heterocycles. The summed E-state index contributed by atoms with van der Waals surface area (Å²) in [5.41, 5.74) is 0.148. The number of imide groups is 1. The fourth-order valence-electron chi connectivity index (χ4n) is 5.47. The van der Waals surface area contributed by atoms with E-state index in [-0.39, 0.29) is 42.0 Å². The van der Waals surface area contributed by atoms with E-state index in [0.717, 1.165) is 37.9 Å². The van der Waals surface area contributed by atoms with E-state index in [1.165, 1.54) is 4.90 Å². The highest BCUT2D eigenvalue weighted by Crippen LogP contribution is 2.38. The van der Waals surface area contributed by atoms with E-state index in [2.05, 4.69) is 10.2 Å². The number of benzene rings is 2. The number of hydrogen-bond donors (Lipinski definition) is 1. The number of carbonyl (C=O) groups is 3. The molecule has 3 aliphatic heterocycles. The average molecular weight is 498 g/mol. The molecule has 5 rings (SSSR count). The number of fused-ring (bicyclic) bond motifs is 1. The van der Waals surface area contributed by atoms with Crippen LogP contribution in [0.4, 0.5) is 8.78 Å². The van der Waals surface area contributed by atoms with Gasteiger partial charge < -0.3 is 14.5 Å². The molecule has 36 heavy (non-hydrogen) atoms. The van der Waals surface area contributed by atoms with Gasteiger partial charge in [0.05, 0.1) is 18.7 Å². The number of nitrogens with one attached hydrogen (secondary N) is 1. The molecular formula is C27H29F2N3O4. The second kappa shape index (κ2) is 10.3. The Labute approximate surface area is 208 Å². The standard InChI is InChI=1S/C27H29F2N3O4/c28-21-15-19-20(16-32(27(19)35)22-7-8-23(33)30-26(22)34)25(29)24(21)17-9-12-31(13-10-17)11-4-14-36-18-5-2-1-3-6-18/h1-3,5-6,15,17,22H,4,7-14,16H2,(H,30,33,34). The van der Waals surface area contributed by atoms with Crippen LogP contribution in [0, 0.1) is 11.6 Å². The Kier molecular flexibility index (Phi) is 7.00. The molecule has 3 heterocycles. The van der Waals surface area contributed by atoms with Crippen LogP contribution in [-0.2, 0) is 16.1 Å². The minimum Gasteiger partial charge on any atom is -0.494 e. The summed E-state index contributed by atoms with van der Waals surface area (Å²) >= 11 is 0. The van der Waals surface area contributed by atoms with Crippen molar-refractivity contribution >= 4 is 17.7 Å². The van der Waals surface area contributed by atoms with Crippen LogP contribution >= 0.6 is 0 Å². The van der Waals surface area contributed by atoms with Crippen molar-refractivity contribution in [2.75, 3.05) is 26.2 Å². The van der Waals surface area contributed by atoms with Crippen molar-refractivity contribution in [3.8, 4) is 5.75 Å². The number of ether oxygens (including phenoxy) is 1. The summed E-state index contributed by atoms with van der Waals surface area (Å²) in [4.78, 5) is 40.1. The normalized spacial score (nSPS) is 21.0. The third-order valence-electron chi connectivity index (χ3n) is 7.39. The monoisotopic (exact) mass is 497 g/mol. The van der Waals surface area contributed by atoms with Crippen LogP contribution in [-0.4, -0.2) is 59.8 Å². The lowest BCUT2D eigenvalue weighted by Gasteiger charge is -2.32. The van der Waals surface area contributed by atoms with Crippen molar-refractivity contribution in [3.63, 3.8) is 0 Å². The number of likely N-dealkylation sites (tertiary alicyclic amines) is 1. The van der Waals surface area contributed by atoms with Crippen molar-refractivity contribution < 1.29 is 27.9 Å². The molecule has 0 aliphatic carbocycles. The number of nitrogens with zero attached hydrogens (tertiary/aromatic N) is 2. The van der Waals surface area contributed by atoms with Crippen LogP contribution in [0.25, 0.3) is 0 Å². The summed E-state index contributed by atoms with van der Waals surface area (Å²) < 4.78 is 36.4. The molecule has 2 fully saturated rings. The third-order valence-corrected chi connectivity index (χ3v) is 7.39. The molecule has 0 saturated carbocycles. The quantitative estimate of drug-likeness (QED) is 0.469. The van der Waals surface area contributed by atoms with Gasteiger partial charge in [-0.1, -0.05) is 18.2 Å². The molecule has 190 valence electrons. The molecular weight excluding hydrogens is 468 g/mol. The molecule has 0 aromatic heterocycles. The van der Waals surface area contributed by atoms with Gasteiger partial charge in [-0.05, 0) is 62.9 Å². The van der Waals surface area contributed by atoms with E-state index in [9.17, 15) is 14.4 Å². The van der Waals surface area contributed by atoms with Gasteiger partial charge in [0.25, 0.3) is 5.91 Å². The maximum absolute atomic E-state index is 15.6. The number of para-hydroxylation sites is 1. The summed E-state index contributed by atoms with van der Waals surface area (Å²) in [6.45, 7) is 2.82. The first-order valence-electron chi connectivity index (χ1n) is 12.5. The fraction of sp³-hybridized carbons (Fsp3) is 0.444. The molecule has 2 aromatic rings. The van der Waals surface area contributed by atoms with Crippen LogP contribution < -0.4 is 10.1 Å². The van der Waals surface area contributed by atoms with Crippen LogP contribution in [0.1, 0.15) is 59.5 Å². The number of carbonyl (C=O) groups excluding carboxylic acids is 3. The van der Waals surface area contributed by atoms with Crippen LogP contribution in [0.15, 0.2) is 36.4 Å². The molecule has 7 nitrogen and oxygen atoms in total. The highest BCUT2D eigenvalue weighted by molar-refractivity contribution is 6.05. The zero-order chi connectivity index (χ0) is 25.2. The zero-order valence-corrected chi connectivity index (χ0v) is 20.0. The van der Waals surface area contributed by atoms with Gasteiger partial charge in [-0.2, -0.15) is 0 Å². The zero-order valence-electron chi connectivity index (χ0n) is 20.0. The number of halogens is 2. The lowest BCUT2D eigenvalue weighted by Crippen LogP contribution is -2.52. The van der Waals surface area contributed by atoms with Gasteiger partial charge in [0.15, 0.2) is 0 Å². The van der Waals surface area contributed by atoms with E-state index in [1.807, 2.05) is 30.3 Å². The molecule has 1 N–H and O–H groups in total. The van der Waals surface area contributed by atoms with Crippen LogP contribution in [0.5, 0.6) is 5.75 Å². The molecule has 3 amide bonds. The predicted molar refractivity (Wildman–Crippen MR) is 127 cm³/mol. The van der Waals surface area contributed by atoms with Gasteiger partial charge in [-0.15, -0.1) is 0 Å². The minimum atomic E-state index is -0.859. The summed E-state index contributed by atoms with van der Waals surface area (Å²) in [7, 11) is 0. The Morgan fingerprint density at radius 1 is 1.03 bits per heavy atom. The number of piperidine rings is 2. The van der Waals surface area contributed by atoms with E-state index in [1.54, 1.807) is 0 Å². The van der Waals surface area contributed by atoms with Crippen molar-refractivity contribution in [3.05, 3.63) is 64.7 Å². The Balaban J connectivity index is 1.19. The summed E-state index contributed by atoms with van der Waals surface area (Å²) in [6, 6.07) is 9.90. The largest absolute Gasteiger partial charge is 0.494 e. The van der Waals surface area contributed by atoms with E-state index in [0.29, 0.717) is 19.4 Å². The molecule has 3 aliphatic rings. The smallest absolute Gasteiger partial charge is 0.255 e. The van der Waals surface area contributed by atoms with Gasteiger partial charge in [0, 0.05) is 24.1 Å². The molecule has 0 radical (unpaired) electrons. The second-order valence-corrected chi connectivity index (χ2v) is 9.64. The first kappa shape index (κ1) is 24.4. The first-order valence-corrected chi connectivity index (χ1v) is 12.5. The SMILES string of the molecule is O=C1CCC(N2Cc3c(cc(F)c(C4CCN(CCCOc5ccccc5)CC4)c3F)C2=O)C(=O)N1. The van der Waals surface area contributed by atoms with Gasteiger partial charge in [-0.3, -0.25) is 19.7 Å². The lowest BCUT2D eigenvalue weighted by atomic mass is 9.86. The number of rotatable bonds is 7. The van der Waals surface area contributed by atoms with Gasteiger partial charge in [0.2, 0.25) is 11.8 Å². The Morgan fingerprint density at radius 3 is 2.50 bits per heavy atom. The molecule has 1 unspecified atom stereocenters. The molecule has 0 spiro atoms. The molecule has 0 bridgehead atoms. The fourth-order valence-corrected chi connectivity index (χ4v) is 5.47. The van der Waals surface area contributed by atoms with Gasteiger partial charge in [0.1, 0.15) is 23.4 Å². The van der Waals surface area contributed by atoms with E-state index in [4.69, 9.17) is 4.74 Å². The average Bonchev–Trinajstić information content (AvgIpc) is 3.19. The second-order valence-electron chi connectivity index (χ2n) is 9.64. The Hall–Kier alpha value is -3.33. The van der Waals surface area contributed by atoms with Crippen LogP contribution in [0.2, 0.25) is 0 Å². The van der Waals surface area contributed by atoms with Crippen molar-refractivity contribution in [2.45, 2.75) is 50.6 Å². The molecule has 9 heteroatoms. The van der Waals surface area contributed by atoms with Crippen molar-refractivity contribution in [1.29, 1.82) is 0 Å². The minimum absolute atomic E-state index is 0.0331. The van der Waals surface area contributed by atoms with Gasteiger partial charge in [-0.25, -0.2) is 8.78 Å². The molecule has 1 atom stereocenters. The highest BCUT2D eigenvalue weighted by Gasteiger charge is 2.42. The Bertz CT molecular complexity index is 1170. The maximum atomic E-state index is 15.6. The maximum Gasteiger partial charge on any atom is 0.255 e. The summed E-state index contributed by atoms with van der Waals surface area (Å²) in [6.07, 6.45) is 2.39. The highest BCUT2D eigenvalue weighted by atomic mass is 19.1. The first-order chi connectivity index (χ1) is 17.4. The Morgan fingerprint density at radius 2 is 1.78 bits per heavy atom. The predicted octanol–water partition coefficient (Wildman–Crippen LogP) is 3.37. The summed E-state index contributed by atoms with van der Waals surface area (Å²) in [5.74, 6) is -2.36. The topological polar surface area (TPSA) is 79.0 Å². The number of hydrogen-bond acceptors (Lipinski definition) is 5. The third kappa shape index (κ3) is 4.84. The lowest BCUT2D eigenvalue weighted by molar-refractivity contribution is -0.136. The van der Waals surface area contributed by atoms with E-state index < -0.39 is 35.4 Å². The summed E-state index contributed by atoms with van der Waals surface area (Å²) in [5, 5.41) is 2.22. The van der Waals surface area contributed by atoms with Crippen LogP contribution in [0.3, 0.4) is 0 Å². The van der Waals surface area contributed by atoms with Gasteiger partial charge >= 0.3 is 0 Å².